The quantitative estimate of drug-likeness (QED) is 0.0850. The second-order valence-corrected chi connectivity index (χ2v) is 18.9. The van der Waals surface area contributed by atoms with E-state index < -0.39 is 74.0 Å². The first-order chi connectivity index (χ1) is 33.8. The molecule has 368 valence electrons. The molecule has 4 saturated heterocycles. The van der Waals surface area contributed by atoms with Crippen molar-refractivity contribution in [3.63, 3.8) is 0 Å². The Bertz CT molecular complexity index is 2240. The van der Waals surface area contributed by atoms with Crippen molar-refractivity contribution in [2.75, 3.05) is 19.8 Å². The molecule has 0 bridgehead atoms. The zero-order valence-corrected chi connectivity index (χ0v) is 40.1. The number of rotatable bonds is 19. The number of aliphatic hydroxyl groups is 1. The molecular formula is C57H68O12. The van der Waals surface area contributed by atoms with Gasteiger partial charge in [-0.1, -0.05) is 179 Å². The molecule has 0 radical (unpaired) electrons. The number of ether oxygens (including phenoxy) is 11. The SMILES string of the molecule is CC1C(OCc2ccccc2)[C@@H](O[C@@H]2C(OCc3ccccc3)[C@H](O[C@@H]3C(COCc4ccccc4)O[C@@H](OCc4ccccc4)C(C)[C@@H]3C)OC3COC(c4ccccc4)O[C@H]32)O[C@@H](CO)[C@H]1C. The molecule has 4 aliphatic rings. The predicted molar refractivity (Wildman–Crippen MR) is 257 cm³/mol. The van der Waals surface area contributed by atoms with Gasteiger partial charge in [-0.15, -0.1) is 0 Å². The fourth-order valence-corrected chi connectivity index (χ4v) is 9.83. The summed E-state index contributed by atoms with van der Waals surface area (Å²) in [6.07, 6.45) is -8.33. The van der Waals surface area contributed by atoms with Crippen LogP contribution in [0.5, 0.6) is 0 Å². The number of aliphatic hydroxyl groups excluding tert-OH is 1. The first kappa shape index (κ1) is 49.6. The van der Waals surface area contributed by atoms with E-state index in [4.69, 9.17) is 52.1 Å². The van der Waals surface area contributed by atoms with Gasteiger partial charge >= 0.3 is 0 Å². The average molecular weight is 945 g/mol. The van der Waals surface area contributed by atoms with Gasteiger partial charge in [0.05, 0.1) is 58.5 Å². The summed E-state index contributed by atoms with van der Waals surface area (Å²) in [5, 5.41) is 10.7. The smallest absolute Gasteiger partial charge is 0.187 e. The second kappa shape index (κ2) is 24.2. The second-order valence-electron chi connectivity index (χ2n) is 18.9. The van der Waals surface area contributed by atoms with Crippen molar-refractivity contribution in [3.05, 3.63) is 179 Å². The molecule has 4 fully saturated rings. The minimum atomic E-state index is -1.00. The third kappa shape index (κ3) is 12.4. The largest absolute Gasteiger partial charge is 0.394 e. The van der Waals surface area contributed by atoms with E-state index in [1.165, 1.54) is 0 Å². The minimum absolute atomic E-state index is 0.0302. The molecular weight excluding hydrogens is 877 g/mol. The third-order valence-electron chi connectivity index (χ3n) is 14.3. The third-order valence-corrected chi connectivity index (χ3v) is 14.3. The van der Waals surface area contributed by atoms with Crippen molar-refractivity contribution >= 4 is 0 Å². The van der Waals surface area contributed by atoms with Crippen LogP contribution in [-0.2, 0) is 78.5 Å². The van der Waals surface area contributed by atoms with Gasteiger partial charge in [0.2, 0.25) is 0 Å². The lowest BCUT2D eigenvalue weighted by atomic mass is 9.83. The van der Waals surface area contributed by atoms with Crippen LogP contribution in [-0.4, -0.2) is 92.6 Å². The number of hydrogen-bond donors (Lipinski definition) is 1. The molecule has 4 heterocycles. The van der Waals surface area contributed by atoms with E-state index in [0.717, 1.165) is 27.8 Å². The van der Waals surface area contributed by atoms with Gasteiger partial charge < -0.3 is 57.2 Å². The van der Waals surface area contributed by atoms with Crippen molar-refractivity contribution in [3.8, 4) is 0 Å². The van der Waals surface area contributed by atoms with Crippen LogP contribution < -0.4 is 0 Å². The van der Waals surface area contributed by atoms with Crippen LogP contribution in [0, 0.1) is 23.7 Å². The molecule has 0 amide bonds. The maximum absolute atomic E-state index is 10.7. The van der Waals surface area contributed by atoms with Crippen LogP contribution in [0.15, 0.2) is 152 Å². The van der Waals surface area contributed by atoms with Crippen LogP contribution >= 0.6 is 0 Å². The van der Waals surface area contributed by atoms with E-state index in [0.29, 0.717) is 19.8 Å². The minimum Gasteiger partial charge on any atom is -0.394 e. The van der Waals surface area contributed by atoms with E-state index in [1.54, 1.807) is 0 Å². The fraction of sp³-hybridized carbons (Fsp3) is 0.474. The Hall–Kier alpha value is -4.38. The Kier molecular flexibility index (Phi) is 17.4. The highest BCUT2D eigenvalue weighted by Crippen LogP contribution is 2.43. The molecule has 16 atom stereocenters. The first-order valence-electron chi connectivity index (χ1n) is 24.6. The van der Waals surface area contributed by atoms with Crippen LogP contribution in [0.25, 0.3) is 0 Å². The molecule has 69 heavy (non-hydrogen) atoms. The van der Waals surface area contributed by atoms with Crippen molar-refractivity contribution in [1.82, 2.24) is 0 Å². The maximum Gasteiger partial charge on any atom is 0.187 e. The molecule has 0 aliphatic carbocycles. The Morgan fingerprint density at radius 1 is 0.449 bits per heavy atom. The molecule has 0 spiro atoms. The fourth-order valence-electron chi connectivity index (χ4n) is 9.83. The van der Waals surface area contributed by atoms with Crippen molar-refractivity contribution in [2.24, 2.45) is 23.7 Å². The van der Waals surface area contributed by atoms with Gasteiger partial charge in [-0.2, -0.15) is 0 Å². The molecule has 7 unspecified atom stereocenters. The molecule has 12 heteroatoms. The lowest BCUT2D eigenvalue weighted by Crippen LogP contribution is -2.67. The van der Waals surface area contributed by atoms with E-state index >= 15 is 0 Å². The van der Waals surface area contributed by atoms with Crippen molar-refractivity contribution < 1.29 is 57.2 Å². The summed E-state index contributed by atoms with van der Waals surface area (Å²) in [4.78, 5) is 0. The predicted octanol–water partition coefficient (Wildman–Crippen LogP) is 9.19. The van der Waals surface area contributed by atoms with Crippen molar-refractivity contribution in [1.29, 1.82) is 0 Å². The van der Waals surface area contributed by atoms with Gasteiger partial charge in [-0.3, -0.25) is 0 Å². The lowest BCUT2D eigenvalue weighted by molar-refractivity contribution is -0.407. The Balaban J connectivity index is 1.05. The Labute approximate surface area is 407 Å². The zero-order valence-electron chi connectivity index (χ0n) is 40.1. The van der Waals surface area contributed by atoms with Crippen LogP contribution in [0.2, 0.25) is 0 Å². The van der Waals surface area contributed by atoms with E-state index in [2.05, 4.69) is 27.7 Å². The monoisotopic (exact) mass is 944 g/mol. The molecule has 12 nitrogen and oxygen atoms in total. The number of fused-ring (bicyclic) bond motifs is 1. The number of benzene rings is 5. The van der Waals surface area contributed by atoms with Crippen molar-refractivity contribution in [2.45, 2.75) is 128 Å². The summed E-state index contributed by atoms with van der Waals surface area (Å²) in [6.45, 7) is 10.1. The Morgan fingerprint density at radius 3 is 1.51 bits per heavy atom. The Morgan fingerprint density at radius 2 is 0.928 bits per heavy atom. The topological polar surface area (TPSA) is 122 Å². The molecule has 9 rings (SSSR count). The maximum atomic E-state index is 10.7. The zero-order chi connectivity index (χ0) is 47.5. The molecule has 4 aliphatic heterocycles. The highest BCUT2D eigenvalue weighted by Gasteiger charge is 2.56. The summed E-state index contributed by atoms with van der Waals surface area (Å²) < 4.78 is 75.4. The van der Waals surface area contributed by atoms with Gasteiger partial charge in [-0.05, 0) is 40.0 Å². The highest BCUT2D eigenvalue weighted by molar-refractivity contribution is 5.18. The van der Waals surface area contributed by atoms with Gasteiger partial charge in [0.15, 0.2) is 25.2 Å². The van der Waals surface area contributed by atoms with E-state index in [1.807, 2.05) is 152 Å². The summed E-state index contributed by atoms with van der Waals surface area (Å²) in [6, 6.07) is 50.1. The summed E-state index contributed by atoms with van der Waals surface area (Å²) in [5.74, 6) is -0.260. The molecule has 0 saturated carbocycles. The average Bonchev–Trinajstić information content (AvgIpc) is 3.39. The summed E-state index contributed by atoms with van der Waals surface area (Å²) >= 11 is 0. The standard InChI is InChI=1S/C57H68O12/c1-37-38(2)50(60-32-42-22-12-6-13-23-42)56(64-46(37)30-58)69-52-51-48(36-63-55(68-51)45-28-18-9-19-29-45)66-57(53(52)61-33-43-24-14-7-15-25-43)67-49-39(3)40(4)54(62-34-44-26-16-8-17-27-44)65-47(49)35-59-31-41-20-10-5-11-21-41/h5-29,37-40,46-58H,30-36H2,1-4H3/t37-,38?,39-,40?,46-,47?,48?,49-,50?,51+,52-,53?,54+,55?,56+,57-/m0/s1. The molecule has 5 aromatic carbocycles. The van der Waals surface area contributed by atoms with E-state index in [9.17, 15) is 5.11 Å². The van der Waals surface area contributed by atoms with E-state index in [-0.39, 0.29) is 50.1 Å². The van der Waals surface area contributed by atoms with Crippen LogP contribution in [0.3, 0.4) is 0 Å². The first-order valence-corrected chi connectivity index (χ1v) is 24.6. The van der Waals surface area contributed by atoms with Crippen LogP contribution in [0.4, 0.5) is 0 Å². The van der Waals surface area contributed by atoms with Gasteiger partial charge in [0.1, 0.15) is 36.6 Å². The summed E-state index contributed by atoms with van der Waals surface area (Å²) in [7, 11) is 0. The van der Waals surface area contributed by atoms with Gasteiger partial charge in [-0.25, -0.2) is 0 Å². The van der Waals surface area contributed by atoms with Gasteiger partial charge in [0.25, 0.3) is 0 Å². The van der Waals surface area contributed by atoms with Crippen LogP contribution in [0.1, 0.15) is 61.8 Å². The highest BCUT2D eigenvalue weighted by atomic mass is 16.8. The molecule has 1 N–H and O–H groups in total. The normalized spacial score (nSPS) is 33.6. The molecule has 0 aromatic heterocycles. The molecule has 5 aromatic rings. The number of hydrogen-bond acceptors (Lipinski definition) is 12. The lowest BCUT2D eigenvalue weighted by Gasteiger charge is -2.53. The summed E-state index contributed by atoms with van der Waals surface area (Å²) in [5.41, 5.74) is 4.95. The van der Waals surface area contributed by atoms with Gasteiger partial charge in [0, 0.05) is 11.5 Å².